The van der Waals surface area contributed by atoms with E-state index >= 15 is 0 Å². The maximum Gasteiger partial charge on any atom is 0.255 e. The predicted octanol–water partition coefficient (Wildman–Crippen LogP) is 3.85. The van der Waals surface area contributed by atoms with Crippen LogP contribution < -0.4 is 0 Å². The van der Waals surface area contributed by atoms with Crippen LogP contribution in [0.2, 0.25) is 0 Å². The van der Waals surface area contributed by atoms with E-state index in [1.807, 2.05) is 0 Å². The number of hydrogen-bond donors (Lipinski definition) is 0. The molecule has 0 fully saturated rings. The molecule has 1 aromatic heterocycles. The molecule has 0 saturated heterocycles. The molecule has 0 radical (unpaired) electrons. The van der Waals surface area contributed by atoms with Crippen LogP contribution in [0.15, 0.2) is 34.1 Å². The molecule has 1 amide bonds. The van der Waals surface area contributed by atoms with Gasteiger partial charge >= 0.3 is 0 Å². The number of fused-ring (bicyclic) bond motifs is 1. The molecular formula is C14H11BrFNOS. The molecule has 0 bridgehead atoms. The van der Waals surface area contributed by atoms with Crippen LogP contribution in [0.25, 0.3) is 0 Å². The molecule has 2 nitrogen and oxygen atoms in total. The van der Waals surface area contributed by atoms with E-state index in [1.54, 1.807) is 22.3 Å². The summed E-state index contributed by atoms with van der Waals surface area (Å²) in [6.45, 7) is 1.30. The van der Waals surface area contributed by atoms with Crippen molar-refractivity contribution < 1.29 is 9.18 Å². The Bertz CT molecular complexity index is 640. The lowest BCUT2D eigenvalue weighted by Gasteiger charge is -2.27. The van der Waals surface area contributed by atoms with Crippen molar-refractivity contribution in [3.8, 4) is 0 Å². The van der Waals surface area contributed by atoms with Crippen molar-refractivity contribution >= 4 is 33.2 Å². The molecule has 0 unspecified atom stereocenters. The highest BCUT2D eigenvalue weighted by molar-refractivity contribution is 9.10. The van der Waals surface area contributed by atoms with Gasteiger partial charge in [-0.05, 0) is 57.6 Å². The van der Waals surface area contributed by atoms with E-state index in [0.29, 0.717) is 23.1 Å². The van der Waals surface area contributed by atoms with Crippen molar-refractivity contribution in [3.63, 3.8) is 0 Å². The van der Waals surface area contributed by atoms with Crippen LogP contribution in [0.1, 0.15) is 20.8 Å². The maximum atomic E-state index is 13.3. The van der Waals surface area contributed by atoms with Crippen molar-refractivity contribution in [1.82, 2.24) is 4.90 Å². The van der Waals surface area contributed by atoms with E-state index < -0.39 is 0 Å². The van der Waals surface area contributed by atoms with Gasteiger partial charge in [-0.15, -0.1) is 11.3 Å². The molecule has 98 valence electrons. The number of thiophene rings is 1. The number of halogens is 2. The van der Waals surface area contributed by atoms with Crippen LogP contribution in [-0.4, -0.2) is 17.4 Å². The number of nitrogens with zero attached hydrogens (tertiary/aromatic N) is 1. The van der Waals surface area contributed by atoms with Crippen molar-refractivity contribution in [2.45, 2.75) is 13.0 Å². The van der Waals surface area contributed by atoms with Gasteiger partial charge in [-0.1, -0.05) is 0 Å². The Labute approximate surface area is 123 Å². The van der Waals surface area contributed by atoms with Crippen LogP contribution in [0.5, 0.6) is 0 Å². The third-order valence-corrected chi connectivity index (χ3v) is 4.97. The first-order chi connectivity index (χ1) is 9.15. The van der Waals surface area contributed by atoms with Gasteiger partial charge in [-0.3, -0.25) is 4.79 Å². The summed E-state index contributed by atoms with van der Waals surface area (Å²) in [6, 6.07) is 6.26. The number of benzene rings is 1. The number of carbonyl (C=O) groups excluding carboxylic acids is 1. The summed E-state index contributed by atoms with van der Waals surface area (Å²) in [5.74, 6) is -0.511. The SMILES string of the molecule is O=C(c1cc(F)ccc1Br)N1CCc2sccc2C1. The minimum atomic E-state index is -0.389. The van der Waals surface area contributed by atoms with Crippen LogP contribution in [0.3, 0.4) is 0 Å². The van der Waals surface area contributed by atoms with Crippen molar-refractivity contribution in [2.24, 2.45) is 0 Å². The summed E-state index contributed by atoms with van der Waals surface area (Å²) < 4.78 is 13.9. The molecule has 0 N–H and O–H groups in total. The molecule has 2 aromatic rings. The van der Waals surface area contributed by atoms with Gasteiger partial charge in [-0.25, -0.2) is 4.39 Å². The minimum Gasteiger partial charge on any atom is -0.334 e. The highest BCUT2D eigenvalue weighted by atomic mass is 79.9. The lowest BCUT2D eigenvalue weighted by atomic mass is 10.1. The van der Waals surface area contributed by atoms with E-state index in [2.05, 4.69) is 27.4 Å². The third-order valence-electron chi connectivity index (χ3n) is 3.25. The van der Waals surface area contributed by atoms with Crippen LogP contribution in [0.4, 0.5) is 4.39 Å². The van der Waals surface area contributed by atoms with Gasteiger partial charge in [-0.2, -0.15) is 0 Å². The van der Waals surface area contributed by atoms with Crippen molar-refractivity contribution in [2.75, 3.05) is 6.54 Å². The summed E-state index contributed by atoms with van der Waals surface area (Å²) in [5.41, 5.74) is 1.59. The Kier molecular flexibility index (Phi) is 3.41. The number of hydrogen-bond acceptors (Lipinski definition) is 2. The average molecular weight is 340 g/mol. The summed E-state index contributed by atoms with van der Waals surface area (Å²) in [5, 5.41) is 2.05. The van der Waals surface area contributed by atoms with E-state index in [9.17, 15) is 9.18 Å². The maximum absolute atomic E-state index is 13.3. The average Bonchev–Trinajstić information content (AvgIpc) is 2.88. The first-order valence-corrected chi connectivity index (χ1v) is 7.62. The molecule has 19 heavy (non-hydrogen) atoms. The quantitative estimate of drug-likeness (QED) is 0.772. The normalized spacial score (nSPS) is 14.3. The molecule has 3 rings (SSSR count). The second-order valence-electron chi connectivity index (χ2n) is 4.47. The third kappa shape index (κ3) is 2.44. The van der Waals surface area contributed by atoms with E-state index in [0.717, 1.165) is 6.42 Å². The Morgan fingerprint density at radius 1 is 1.37 bits per heavy atom. The summed E-state index contributed by atoms with van der Waals surface area (Å²) in [6.07, 6.45) is 0.881. The van der Waals surface area contributed by atoms with Gasteiger partial charge in [0.2, 0.25) is 0 Å². The summed E-state index contributed by atoms with van der Waals surface area (Å²) in [4.78, 5) is 15.6. The zero-order valence-electron chi connectivity index (χ0n) is 10.0. The fourth-order valence-electron chi connectivity index (χ4n) is 2.25. The smallest absolute Gasteiger partial charge is 0.255 e. The minimum absolute atomic E-state index is 0.122. The highest BCUT2D eigenvalue weighted by Crippen LogP contribution is 2.27. The fraction of sp³-hybridized carbons (Fsp3) is 0.214. The Hall–Kier alpha value is -1.20. The second kappa shape index (κ2) is 5.06. The van der Waals surface area contributed by atoms with Gasteiger partial charge in [0.05, 0.1) is 5.56 Å². The number of rotatable bonds is 1. The molecule has 0 spiro atoms. The number of amides is 1. The van der Waals surface area contributed by atoms with Gasteiger partial charge in [0, 0.05) is 22.4 Å². The van der Waals surface area contributed by atoms with Gasteiger partial charge in [0.1, 0.15) is 5.82 Å². The zero-order chi connectivity index (χ0) is 13.4. The molecule has 5 heteroatoms. The summed E-state index contributed by atoms with van der Waals surface area (Å²) >= 11 is 5.04. The van der Waals surface area contributed by atoms with E-state index in [4.69, 9.17) is 0 Å². The highest BCUT2D eigenvalue weighted by Gasteiger charge is 2.24. The zero-order valence-corrected chi connectivity index (χ0v) is 12.4. The fourth-order valence-corrected chi connectivity index (χ4v) is 3.56. The topological polar surface area (TPSA) is 20.3 Å². The van der Waals surface area contributed by atoms with E-state index in [-0.39, 0.29) is 11.7 Å². The van der Waals surface area contributed by atoms with Gasteiger partial charge in [0.15, 0.2) is 0 Å². The molecule has 0 saturated carbocycles. The molecule has 0 atom stereocenters. The predicted molar refractivity (Wildman–Crippen MR) is 76.9 cm³/mol. The standard InChI is InChI=1S/C14H11BrFNOS/c15-12-2-1-10(16)7-11(12)14(18)17-5-3-13-9(8-17)4-6-19-13/h1-2,4,6-7H,3,5,8H2. The van der Waals surface area contributed by atoms with Crippen LogP contribution in [0, 0.1) is 5.82 Å². The number of carbonyl (C=O) groups is 1. The van der Waals surface area contributed by atoms with E-state index in [1.165, 1.54) is 22.6 Å². The lowest BCUT2D eigenvalue weighted by molar-refractivity contribution is 0.0734. The van der Waals surface area contributed by atoms with Crippen LogP contribution >= 0.6 is 27.3 Å². The molecule has 1 aromatic carbocycles. The largest absolute Gasteiger partial charge is 0.334 e. The Balaban J connectivity index is 1.87. The Morgan fingerprint density at radius 2 is 2.21 bits per heavy atom. The molecule has 1 aliphatic heterocycles. The summed E-state index contributed by atoms with van der Waals surface area (Å²) in [7, 11) is 0. The Morgan fingerprint density at radius 3 is 3.05 bits per heavy atom. The monoisotopic (exact) mass is 339 g/mol. The van der Waals surface area contributed by atoms with Crippen LogP contribution in [-0.2, 0) is 13.0 Å². The van der Waals surface area contributed by atoms with Crippen molar-refractivity contribution in [1.29, 1.82) is 0 Å². The molecule has 2 heterocycles. The second-order valence-corrected chi connectivity index (χ2v) is 6.32. The molecule has 0 aliphatic carbocycles. The van der Waals surface area contributed by atoms with Gasteiger partial charge in [0.25, 0.3) is 5.91 Å². The molecular weight excluding hydrogens is 329 g/mol. The van der Waals surface area contributed by atoms with Crippen molar-refractivity contribution in [3.05, 3.63) is 55.9 Å². The molecule has 1 aliphatic rings. The first kappa shape index (κ1) is 12.8. The van der Waals surface area contributed by atoms with Gasteiger partial charge < -0.3 is 4.90 Å². The first-order valence-electron chi connectivity index (χ1n) is 5.95. The lowest BCUT2D eigenvalue weighted by Crippen LogP contribution is -2.35.